The molecule has 2 N–H and O–H groups in total. The Balaban J connectivity index is 3.67. The van der Waals surface area contributed by atoms with Crippen LogP contribution in [0.2, 0.25) is 0 Å². The van der Waals surface area contributed by atoms with E-state index in [4.69, 9.17) is 5.11 Å². The Bertz CT molecular complexity index is 160. The molecule has 0 aromatic carbocycles. The van der Waals surface area contributed by atoms with Crippen LogP contribution in [0, 0.1) is 0 Å². The Kier molecular flexibility index (Phi) is 7.42. The molecule has 14 heavy (non-hydrogen) atoms. The first-order valence-electron chi connectivity index (χ1n) is 5.15. The molecule has 0 fully saturated rings. The van der Waals surface area contributed by atoms with Crippen molar-refractivity contribution in [3.8, 4) is 0 Å². The van der Waals surface area contributed by atoms with Gasteiger partial charge in [0.25, 0.3) is 0 Å². The molecule has 0 aliphatic heterocycles. The van der Waals surface area contributed by atoms with Gasteiger partial charge in [0.15, 0.2) is 0 Å². The Morgan fingerprint density at radius 3 is 2.57 bits per heavy atom. The largest absolute Gasteiger partial charge is 0.396 e. The second-order valence-electron chi connectivity index (χ2n) is 3.74. The molecular formula is C10H22N2O2. The van der Waals surface area contributed by atoms with E-state index in [2.05, 4.69) is 5.32 Å². The van der Waals surface area contributed by atoms with Crippen molar-refractivity contribution >= 4 is 5.91 Å². The quantitative estimate of drug-likeness (QED) is 0.621. The van der Waals surface area contributed by atoms with Crippen molar-refractivity contribution in [1.82, 2.24) is 10.2 Å². The Morgan fingerprint density at radius 1 is 1.50 bits per heavy atom. The Labute approximate surface area is 86.3 Å². The summed E-state index contributed by atoms with van der Waals surface area (Å²) < 4.78 is 0. The van der Waals surface area contributed by atoms with Gasteiger partial charge in [0, 0.05) is 25.6 Å². The summed E-state index contributed by atoms with van der Waals surface area (Å²) in [5, 5.41) is 11.6. The van der Waals surface area contributed by atoms with E-state index in [1.807, 2.05) is 25.9 Å². The summed E-state index contributed by atoms with van der Waals surface area (Å²) in [5.74, 6) is 0.0685. The minimum absolute atomic E-state index is 0.0685. The summed E-state index contributed by atoms with van der Waals surface area (Å²) in [6.07, 6.45) is 2.04. The van der Waals surface area contributed by atoms with Crippen molar-refractivity contribution in [1.29, 1.82) is 0 Å². The van der Waals surface area contributed by atoms with Crippen LogP contribution in [0.1, 0.15) is 26.2 Å². The summed E-state index contributed by atoms with van der Waals surface area (Å²) in [6, 6.07) is 0.120. The van der Waals surface area contributed by atoms with Gasteiger partial charge in [0.1, 0.15) is 0 Å². The molecule has 0 aliphatic carbocycles. The highest BCUT2D eigenvalue weighted by atomic mass is 16.3. The van der Waals surface area contributed by atoms with Gasteiger partial charge >= 0.3 is 0 Å². The normalized spacial score (nSPS) is 12.9. The van der Waals surface area contributed by atoms with Crippen molar-refractivity contribution in [3.63, 3.8) is 0 Å². The minimum Gasteiger partial charge on any atom is -0.396 e. The number of aliphatic hydroxyl groups is 1. The Morgan fingerprint density at radius 2 is 2.14 bits per heavy atom. The number of nitrogens with zero attached hydrogens (tertiary/aromatic N) is 1. The number of carbonyl (C=O) groups is 1. The molecule has 1 atom stereocenters. The van der Waals surface area contributed by atoms with Crippen molar-refractivity contribution in [2.75, 3.05) is 27.2 Å². The lowest BCUT2D eigenvalue weighted by atomic mass is 10.1. The SMILES string of the molecule is CCC(CCO)NC(=O)CCN(C)C. The van der Waals surface area contributed by atoms with Crippen LogP contribution in [0.5, 0.6) is 0 Å². The first kappa shape index (κ1) is 13.4. The molecule has 4 nitrogen and oxygen atoms in total. The van der Waals surface area contributed by atoms with E-state index < -0.39 is 0 Å². The molecular weight excluding hydrogens is 180 g/mol. The van der Waals surface area contributed by atoms with Gasteiger partial charge in [0.2, 0.25) is 5.91 Å². The molecule has 0 rings (SSSR count). The third kappa shape index (κ3) is 6.86. The van der Waals surface area contributed by atoms with Crippen LogP contribution in [-0.4, -0.2) is 49.2 Å². The number of aliphatic hydroxyl groups excluding tert-OH is 1. The predicted molar refractivity (Wildman–Crippen MR) is 57.1 cm³/mol. The van der Waals surface area contributed by atoms with E-state index in [0.29, 0.717) is 12.8 Å². The van der Waals surface area contributed by atoms with Crippen LogP contribution in [0.4, 0.5) is 0 Å². The van der Waals surface area contributed by atoms with Crippen LogP contribution < -0.4 is 5.32 Å². The van der Waals surface area contributed by atoms with Gasteiger partial charge < -0.3 is 15.3 Å². The third-order valence-corrected chi connectivity index (χ3v) is 2.12. The lowest BCUT2D eigenvalue weighted by Crippen LogP contribution is -2.36. The summed E-state index contributed by atoms with van der Waals surface area (Å²) in [7, 11) is 3.89. The number of carbonyl (C=O) groups excluding carboxylic acids is 1. The molecule has 0 bridgehead atoms. The second-order valence-corrected chi connectivity index (χ2v) is 3.74. The maximum atomic E-state index is 11.4. The molecule has 0 aromatic rings. The zero-order chi connectivity index (χ0) is 11.0. The smallest absolute Gasteiger partial charge is 0.221 e. The zero-order valence-corrected chi connectivity index (χ0v) is 9.42. The van der Waals surface area contributed by atoms with Crippen molar-refractivity contribution in [2.24, 2.45) is 0 Å². The van der Waals surface area contributed by atoms with Crippen LogP contribution >= 0.6 is 0 Å². The molecule has 1 amide bonds. The zero-order valence-electron chi connectivity index (χ0n) is 9.42. The fourth-order valence-corrected chi connectivity index (χ4v) is 1.16. The van der Waals surface area contributed by atoms with Crippen LogP contribution in [0.15, 0.2) is 0 Å². The minimum atomic E-state index is 0.0685. The summed E-state index contributed by atoms with van der Waals surface area (Å²) in [6.45, 7) is 2.90. The van der Waals surface area contributed by atoms with Crippen LogP contribution in [-0.2, 0) is 4.79 Å². The average molecular weight is 202 g/mol. The second kappa shape index (κ2) is 7.76. The lowest BCUT2D eigenvalue weighted by molar-refractivity contribution is -0.122. The van der Waals surface area contributed by atoms with Crippen LogP contribution in [0.25, 0.3) is 0 Å². The monoisotopic (exact) mass is 202 g/mol. The van der Waals surface area contributed by atoms with Gasteiger partial charge in [-0.25, -0.2) is 0 Å². The van der Waals surface area contributed by atoms with Gasteiger partial charge in [0.05, 0.1) is 0 Å². The molecule has 0 spiro atoms. The molecule has 84 valence electrons. The van der Waals surface area contributed by atoms with Crippen molar-refractivity contribution in [3.05, 3.63) is 0 Å². The van der Waals surface area contributed by atoms with E-state index in [-0.39, 0.29) is 18.6 Å². The van der Waals surface area contributed by atoms with Crippen molar-refractivity contribution < 1.29 is 9.90 Å². The average Bonchev–Trinajstić information content (AvgIpc) is 2.14. The number of amides is 1. The van der Waals surface area contributed by atoms with E-state index in [1.165, 1.54) is 0 Å². The number of nitrogens with one attached hydrogen (secondary N) is 1. The van der Waals surface area contributed by atoms with E-state index in [1.54, 1.807) is 0 Å². The number of hydrogen-bond acceptors (Lipinski definition) is 3. The number of hydrogen-bond donors (Lipinski definition) is 2. The lowest BCUT2D eigenvalue weighted by Gasteiger charge is -2.16. The third-order valence-electron chi connectivity index (χ3n) is 2.12. The highest BCUT2D eigenvalue weighted by molar-refractivity contribution is 5.76. The topological polar surface area (TPSA) is 52.6 Å². The van der Waals surface area contributed by atoms with Gasteiger partial charge in [-0.2, -0.15) is 0 Å². The molecule has 0 heterocycles. The van der Waals surface area contributed by atoms with Crippen molar-refractivity contribution in [2.45, 2.75) is 32.2 Å². The van der Waals surface area contributed by atoms with E-state index in [9.17, 15) is 4.79 Å². The van der Waals surface area contributed by atoms with Gasteiger partial charge in [-0.15, -0.1) is 0 Å². The van der Waals surface area contributed by atoms with E-state index in [0.717, 1.165) is 13.0 Å². The summed E-state index contributed by atoms with van der Waals surface area (Å²) in [4.78, 5) is 13.4. The molecule has 0 saturated carbocycles. The molecule has 0 aliphatic rings. The predicted octanol–water partition coefficient (Wildman–Crippen LogP) is 0.215. The number of rotatable bonds is 7. The molecule has 0 radical (unpaired) electrons. The maximum Gasteiger partial charge on any atom is 0.221 e. The fourth-order valence-electron chi connectivity index (χ4n) is 1.16. The summed E-state index contributed by atoms with van der Waals surface area (Å²) >= 11 is 0. The molecule has 4 heteroatoms. The molecule has 0 saturated heterocycles. The molecule has 0 aromatic heterocycles. The first-order valence-corrected chi connectivity index (χ1v) is 5.15. The standard InChI is InChI=1S/C10H22N2O2/c1-4-9(6-8-13)11-10(14)5-7-12(2)3/h9,13H,4-8H2,1-3H3,(H,11,14). The first-order chi connectivity index (χ1) is 6.60. The highest BCUT2D eigenvalue weighted by Gasteiger charge is 2.09. The van der Waals surface area contributed by atoms with Gasteiger partial charge in [-0.1, -0.05) is 6.92 Å². The summed E-state index contributed by atoms with van der Waals surface area (Å²) in [5.41, 5.74) is 0. The van der Waals surface area contributed by atoms with Crippen LogP contribution in [0.3, 0.4) is 0 Å². The maximum absolute atomic E-state index is 11.4. The van der Waals surface area contributed by atoms with Gasteiger partial charge in [-0.3, -0.25) is 4.79 Å². The highest BCUT2D eigenvalue weighted by Crippen LogP contribution is 1.97. The van der Waals surface area contributed by atoms with E-state index >= 15 is 0 Å². The molecule has 1 unspecified atom stereocenters. The fraction of sp³-hybridized carbons (Fsp3) is 0.900. The Hall–Kier alpha value is -0.610. The van der Waals surface area contributed by atoms with Gasteiger partial charge in [-0.05, 0) is 26.9 Å².